The second-order valence-electron chi connectivity index (χ2n) is 11.3. The highest BCUT2D eigenvalue weighted by Gasteiger charge is 2.56. The van der Waals surface area contributed by atoms with Crippen molar-refractivity contribution in [1.82, 2.24) is 14.7 Å². The van der Waals surface area contributed by atoms with E-state index in [1.54, 1.807) is 60.7 Å². The molecule has 0 bridgehead atoms. The number of sulfonamides is 1. The van der Waals surface area contributed by atoms with Crippen molar-refractivity contribution in [3.05, 3.63) is 135 Å². The predicted octanol–water partition coefficient (Wildman–Crippen LogP) is 5.96. The van der Waals surface area contributed by atoms with Gasteiger partial charge in [0.1, 0.15) is 11.8 Å². The van der Waals surface area contributed by atoms with Gasteiger partial charge in [-0.1, -0.05) is 86.0 Å². The van der Waals surface area contributed by atoms with Crippen molar-refractivity contribution in [3.63, 3.8) is 0 Å². The van der Waals surface area contributed by atoms with Crippen molar-refractivity contribution in [2.24, 2.45) is 0 Å². The van der Waals surface area contributed by atoms with Crippen molar-refractivity contribution in [3.8, 4) is 5.75 Å². The topological polar surface area (TPSA) is 139 Å². The number of unbranched alkanes of at least 4 members (excludes halogenated alkanes) is 2. The van der Waals surface area contributed by atoms with Gasteiger partial charge in [-0.3, -0.25) is 19.7 Å². The number of nitrogens with zero attached hydrogens (tertiary/aromatic N) is 3. The quantitative estimate of drug-likeness (QED) is 0.0765. The molecule has 2 atom stereocenters. The summed E-state index contributed by atoms with van der Waals surface area (Å²) >= 11 is 0. The van der Waals surface area contributed by atoms with Gasteiger partial charge in [0.25, 0.3) is 17.5 Å². The largest absolute Gasteiger partial charge is 0.493 e. The molecule has 4 aromatic carbocycles. The first kappa shape index (κ1) is 33.3. The lowest BCUT2D eigenvalue weighted by Gasteiger charge is -2.19. The molecule has 2 amide bonds. The van der Waals surface area contributed by atoms with E-state index >= 15 is 0 Å². The Kier molecular flexibility index (Phi) is 10.3. The third-order valence-corrected chi connectivity index (χ3v) is 9.30. The Balaban J connectivity index is 1.52. The van der Waals surface area contributed by atoms with Gasteiger partial charge >= 0.3 is 0 Å². The monoisotopic (exact) mass is 656 g/mol. The maximum atomic E-state index is 14.4. The molecule has 1 saturated heterocycles. The minimum absolute atomic E-state index is 0.000876. The molecule has 5 rings (SSSR count). The zero-order chi connectivity index (χ0) is 33.6. The number of rotatable bonds is 14. The number of carbonyl (C=O) groups is 2. The molecule has 1 N–H and O–H groups in total. The number of nitro benzene ring substituents is 1. The molecule has 4 aromatic rings. The standard InChI is InChI=1S/C35H36N4O7S/c1-3-4-10-23-46-32-14-9-8-13-30(32)33-37(34(40)27-17-19-28(20-18-27)39(42)43)38(33)35(41)31(24-26-11-6-5-7-12-26)36-47(44,45)29-21-15-25(2)16-22-29/h5-9,11-22,31,33,36H,3-4,10,23-24H2,1-2H3/t31-,33-,37?,38?/m0/s1. The molecule has 11 nitrogen and oxygen atoms in total. The van der Waals surface area contributed by atoms with Crippen LogP contribution in [0, 0.1) is 17.0 Å². The van der Waals surface area contributed by atoms with Crippen LogP contribution in [-0.4, -0.2) is 47.8 Å². The Morgan fingerprint density at radius 1 is 0.894 bits per heavy atom. The molecule has 1 fully saturated rings. The fourth-order valence-corrected chi connectivity index (χ4v) is 6.44. The Hall–Kier alpha value is -5.07. The van der Waals surface area contributed by atoms with Crippen LogP contribution in [0.5, 0.6) is 5.75 Å². The van der Waals surface area contributed by atoms with E-state index in [2.05, 4.69) is 11.6 Å². The minimum Gasteiger partial charge on any atom is -0.493 e. The van der Waals surface area contributed by atoms with Crippen LogP contribution in [0.25, 0.3) is 0 Å². The van der Waals surface area contributed by atoms with E-state index in [0.717, 1.165) is 24.8 Å². The SMILES string of the molecule is CCCCCOc1ccccc1[C@H]1N(C(=O)c2ccc([N+](=O)[O-])cc2)N1C(=O)[C@H](Cc1ccccc1)NS(=O)(=O)c1ccc(C)cc1. The first-order valence-electron chi connectivity index (χ1n) is 15.4. The molecule has 0 aliphatic carbocycles. The van der Waals surface area contributed by atoms with E-state index in [0.29, 0.717) is 23.5 Å². The number of ether oxygens (including phenoxy) is 1. The highest BCUT2D eigenvalue weighted by molar-refractivity contribution is 7.89. The Morgan fingerprint density at radius 2 is 1.55 bits per heavy atom. The first-order chi connectivity index (χ1) is 22.6. The van der Waals surface area contributed by atoms with Crippen molar-refractivity contribution < 1.29 is 27.7 Å². The van der Waals surface area contributed by atoms with E-state index in [1.807, 2.05) is 13.0 Å². The van der Waals surface area contributed by atoms with Crippen LogP contribution in [0.2, 0.25) is 0 Å². The molecule has 244 valence electrons. The summed E-state index contributed by atoms with van der Waals surface area (Å²) in [6, 6.07) is 26.2. The molecule has 1 aliphatic rings. The van der Waals surface area contributed by atoms with Crippen molar-refractivity contribution >= 4 is 27.5 Å². The lowest BCUT2D eigenvalue weighted by Crippen LogP contribution is -2.46. The second kappa shape index (κ2) is 14.6. The number of aryl methyl sites for hydroxylation is 1. The molecule has 1 heterocycles. The van der Waals surface area contributed by atoms with Gasteiger partial charge in [-0.15, -0.1) is 0 Å². The normalized spacial score (nSPS) is 14.8. The number of amides is 2. The van der Waals surface area contributed by atoms with Crippen molar-refractivity contribution in [2.45, 2.75) is 56.6 Å². The third-order valence-electron chi connectivity index (χ3n) is 7.81. The number of hydrogen-bond donors (Lipinski definition) is 1. The van der Waals surface area contributed by atoms with E-state index < -0.39 is 39.0 Å². The molecule has 0 radical (unpaired) electrons. The number of nitrogens with one attached hydrogen (secondary N) is 1. The van der Waals surface area contributed by atoms with E-state index in [1.165, 1.54) is 46.4 Å². The molecule has 0 unspecified atom stereocenters. The average molecular weight is 657 g/mol. The average Bonchev–Trinajstić information content (AvgIpc) is 3.82. The summed E-state index contributed by atoms with van der Waals surface area (Å²) in [7, 11) is -4.15. The predicted molar refractivity (Wildman–Crippen MR) is 176 cm³/mol. The minimum atomic E-state index is -4.15. The van der Waals surface area contributed by atoms with Crippen LogP contribution >= 0.6 is 0 Å². The van der Waals surface area contributed by atoms with E-state index in [9.17, 15) is 28.1 Å². The van der Waals surface area contributed by atoms with E-state index in [-0.39, 0.29) is 22.6 Å². The van der Waals surface area contributed by atoms with Crippen molar-refractivity contribution in [1.29, 1.82) is 0 Å². The van der Waals surface area contributed by atoms with Gasteiger partial charge in [-0.2, -0.15) is 4.72 Å². The van der Waals surface area contributed by atoms with Crippen molar-refractivity contribution in [2.75, 3.05) is 6.61 Å². The highest BCUT2D eigenvalue weighted by Crippen LogP contribution is 2.47. The maximum absolute atomic E-state index is 14.4. The summed E-state index contributed by atoms with van der Waals surface area (Å²) in [4.78, 5) is 39.0. The van der Waals surface area contributed by atoms with Gasteiger partial charge < -0.3 is 4.74 Å². The first-order valence-corrected chi connectivity index (χ1v) is 16.8. The summed E-state index contributed by atoms with van der Waals surface area (Å²) < 4.78 is 35.8. The van der Waals surface area contributed by atoms with Crippen LogP contribution in [0.1, 0.15) is 59.4 Å². The van der Waals surface area contributed by atoms with Gasteiger partial charge in [0, 0.05) is 23.3 Å². The number of hydrazine groups is 1. The Bertz CT molecular complexity index is 1830. The molecule has 1 aliphatic heterocycles. The lowest BCUT2D eigenvalue weighted by atomic mass is 10.1. The highest BCUT2D eigenvalue weighted by atomic mass is 32.2. The number of non-ortho nitro benzene ring substituents is 1. The zero-order valence-corrected chi connectivity index (χ0v) is 26.9. The van der Waals surface area contributed by atoms with Gasteiger partial charge in [0.2, 0.25) is 10.0 Å². The smallest absolute Gasteiger partial charge is 0.274 e. The molecular formula is C35H36N4O7S. The van der Waals surface area contributed by atoms with E-state index in [4.69, 9.17) is 4.74 Å². The lowest BCUT2D eigenvalue weighted by molar-refractivity contribution is -0.384. The summed E-state index contributed by atoms with van der Waals surface area (Å²) in [5.41, 5.74) is 2.08. The summed E-state index contributed by atoms with van der Waals surface area (Å²) in [5, 5.41) is 13.7. The fraction of sp³-hybridized carbons (Fsp3) is 0.257. The van der Waals surface area contributed by atoms with Crippen LogP contribution in [0.3, 0.4) is 0 Å². The Labute approximate surface area is 274 Å². The Morgan fingerprint density at radius 3 is 2.21 bits per heavy atom. The molecule has 0 aromatic heterocycles. The zero-order valence-electron chi connectivity index (χ0n) is 26.1. The molecule has 12 heteroatoms. The molecule has 0 saturated carbocycles. The number of para-hydroxylation sites is 1. The third kappa shape index (κ3) is 7.84. The van der Waals surface area contributed by atoms with Gasteiger partial charge in [0.15, 0.2) is 6.17 Å². The van der Waals surface area contributed by atoms with Gasteiger partial charge in [-0.05, 0) is 55.7 Å². The van der Waals surface area contributed by atoms with Crippen LogP contribution in [0.15, 0.2) is 108 Å². The summed E-state index contributed by atoms with van der Waals surface area (Å²) in [6.45, 7) is 4.37. The second-order valence-corrected chi connectivity index (χ2v) is 13.0. The van der Waals surface area contributed by atoms with Crippen LogP contribution in [0.4, 0.5) is 5.69 Å². The molecule has 47 heavy (non-hydrogen) atoms. The maximum Gasteiger partial charge on any atom is 0.274 e. The van der Waals surface area contributed by atoms with Gasteiger partial charge in [-0.25, -0.2) is 18.4 Å². The number of benzene rings is 4. The fourth-order valence-electron chi connectivity index (χ4n) is 5.25. The number of carbonyl (C=O) groups excluding carboxylic acids is 2. The van der Waals surface area contributed by atoms with Gasteiger partial charge in [0.05, 0.1) is 16.4 Å². The molecule has 0 spiro atoms. The summed E-state index contributed by atoms with van der Waals surface area (Å²) in [6.07, 6.45) is 1.92. The number of hydrogen-bond acceptors (Lipinski definition) is 7. The van der Waals surface area contributed by atoms with Crippen LogP contribution < -0.4 is 9.46 Å². The summed E-state index contributed by atoms with van der Waals surface area (Å²) in [5.74, 6) is -0.741. The number of nitro groups is 1. The van der Waals surface area contributed by atoms with Crippen LogP contribution in [-0.2, 0) is 21.2 Å². The molecular weight excluding hydrogens is 620 g/mol.